The molecule has 26 heavy (non-hydrogen) atoms. The van der Waals surface area contributed by atoms with Crippen molar-refractivity contribution < 1.29 is 13.2 Å². The Balaban J connectivity index is 2.17. The van der Waals surface area contributed by atoms with E-state index in [-0.39, 0.29) is 24.7 Å². The van der Waals surface area contributed by atoms with Crippen LogP contribution in [-0.2, 0) is 14.8 Å². The van der Waals surface area contributed by atoms with Gasteiger partial charge >= 0.3 is 5.69 Å². The van der Waals surface area contributed by atoms with E-state index in [0.29, 0.717) is 25.3 Å². The molecule has 0 radical (unpaired) electrons. The minimum absolute atomic E-state index is 0.0118. The number of nitrogens with zero attached hydrogens (tertiary/aromatic N) is 1. The average molecular weight is 386 g/mol. The predicted molar refractivity (Wildman–Crippen MR) is 96.4 cm³/mol. The molecule has 0 saturated carbocycles. The minimum Gasteiger partial charge on any atom is -0.356 e. The Bertz CT molecular complexity index is 871. The Morgan fingerprint density at radius 3 is 2.62 bits per heavy atom. The van der Waals surface area contributed by atoms with Gasteiger partial charge in [0.2, 0.25) is 15.9 Å². The molecule has 0 aromatic carbocycles. The van der Waals surface area contributed by atoms with Gasteiger partial charge in [-0.15, -0.1) is 0 Å². The number of carbonyl (C=O) groups excluding carboxylic acids is 1. The maximum Gasteiger partial charge on any atom is 0.325 e. The lowest BCUT2D eigenvalue weighted by Crippen LogP contribution is -2.47. The summed E-state index contributed by atoms with van der Waals surface area (Å²) in [6.07, 6.45) is 1.98. The molecule has 1 aromatic rings. The maximum absolute atomic E-state index is 12.9. The van der Waals surface area contributed by atoms with E-state index in [4.69, 9.17) is 0 Å². The summed E-state index contributed by atoms with van der Waals surface area (Å²) in [6.45, 7) is 6.29. The van der Waals surface area contributed by atoms with E-state index in [0.717, 1.165) is 10.7 Å². The quantitative estimate of drug-likeness (QED) is 0.630. The molecule has 1 amide bonds. The molecule has 1 saturated heterocycles. The highest BCUT2D eigenvalue weighted by Gasteiger charge is 2.35. The molecule has 146 valence electrons. The molecule has 1 unspecified atom stereocenters. The number of H-pyrrole nitrogens is 2. The maximum atomic E-state index is 12.9. The molecule has 3 N–H and O–H groups in total. The minimum atomic E-state index is -4.10. The van der Waals surface area contributed by atoms with Crippen molar-refractivity contribution in [1.29, 1.82) is 0 Å². The lowest BCUT2D eigenvalue weighted by atomic mass is 9.98. The molecule has 0 bridgehead atoms. The van der Waals surface area contributed by atoms with E-state index in [2.05, 4.69) is 24.1 Å². The van der Waals surface area contributed by atoms with E-state index in [1.807, 2.05) is 4.98 Å². The Morgan fingerprint density at radius 2 is 2.00 bits per heavy atom. The second kappa shape index (κ2) is 8.17. The number of hydrogen-bond donors (Lipinski definition) is 3. The van der Waals surface area contributed by atoms with Crippen molar-refractivity contribution in [3.8, 4) is 0 Å². The van der Waals surface area contributed by atoms with Crippen LogP contribution in [0.5, 0.6) is 0 Å². The molecule has 2 heterocycles. The van der Waals surface area contributed by atoms with Gasteiger partial charge in [-0.3, -0.25) is 14.6 Å². The molecule has 2 rings (SSSR count). The van der Waals surface area contributed by atoms with E-state index >= 15 is 0 Å². The third-order valence-electron chi connectivity index (χ3n) is 4.45. The van der Waals surface area contributed by atoms with Gasteiger partial charge in [0.05, 0.1) is 5.92 Å². The van der Waals surface area contributed by atoms with Crippen molar-refractivity contribution >= 4 is 15.9 Å². The molecule has 1 aliphatic heterocycles. The zero-order valence-corrected chi connectivity index (χ0v) is 16.1. The molecule has 9 nitrogen and oxygen atoms in total. The molecular weight excluding hydrogens is 360 g/mol. The van der Waals surface area contributed by atoms with Crippen LogP contribution >= 0.6 is 0 Å². The van der Waals surface area contributed by atoms with Gasteiger partial charge in [0.1, 0.15) is 0 Å². The zero-order valence-electron chi connectivity index (χ0n) is 15.3. The fourth-order valence-electron chi connectivity index (χ4n) is 3.03. The van der Waals surface area contributed by atoms with Crippen LogP contribution in [0.15, 0.2) is 14.5 Å². The summed E-state index contributed by atoms with van der Waals surface area (Å²) in [5.74, 6) is -0.154. The average Bonchev–Trinajstić information content (AvgIpc) is 2.53. The molecule has 1 aliphatic rings. The number of hydrogen-bond acceptors (Lipinski definition) is 5. The van der Waals surface area contributed by atoms with Gasteiger partial charge in [0.15, 0.2) is 4.90 Å². The van der Waals surface area contributed by atoms with Crippen molar-refractivity contribution in [2.75, 3.05) is 19.6 Å². The first kappa shape index (κ1) is 20.4. The molecule has 0 aliphatic carbocycles. The van der Waals surface area contributed by atoms with Crippen LogP contribution in [0.1, 0.15) is 38.8 Å². The predicted octanol–water partition coefficient (Wildman–Crippen LogP) is -0.0654. The second-order valence-electron chi connectivity index (χ2n) is 7.04. The monoisotopic (exact) mass is 386 g/mol. The van der Waals surface area contributed by atoms with Crippen LogP contribution in [0.3, 0.4) is 0 Å². The number of aryl methyl sites for hydroxylation is 1. The highest BCUT2D eigenvalue weighted by Crippen LogP contribution is 2.23. The fourth-order valence-corrected chi connectivity index (χ4v) is 4.76. The van der Waals surface area contributed by atoms with Crippen molar-refractivity contribution in [2.45, 2.75) is 44.9 Å². The van der Waals surface area contributed by atoms with Gasteiger partial charge in [-0.2, -0.15) is 4.31 Å². The van der Waals surface area contributed by atoms with Gasteiger partial charge in [-0.05, 0) is 32.1 Å². The summed E-state index contributed by atoms with van der Waals surface area (Å²) < 4.78 is 26.9. The largest absolute Gasteiger partial charge is 0.356 e. The number of rotatable bonds is 6. The standard InChI is InChI=1S/C16H26N4O5S/c1-10(2)6-7-17-14(21)12-5-4-8-20(9-12)26(24,25)13-11(3)18-16(23)19-15(13)22/h10,12H,4-9H2,1-3H3,(H,17,21)(H2,18,19,22,23). The number of sulfonamides is 1. The second-order valence-corrected chi connectivity index (χ2v) is 8.91. The summed E-state index contributed by atoms with van der Waals surface area (Å²) >= 11 is 0. The van der Waals surface area contributed by atoms with Gasteiger partial charge < -0.3 is 10.3 Å². The Kier molecular flexibility index (Phi) is 6.40. The fraction of sp³-hybridized carbons (Fsp3) is 0.688. The van der Waals surface area contributed by atoms with Crippen molar-refractivity contribution in [3.63, 3.8) is 0 Å². The molecule has 1 aromatic heterocycles. The lowest BCUT2D eigenvalue weighted by molar-refractivity contribution is -0.126. The number of aromatic nitrogens is 2. The third kappa shape index (κ3) is 4.61. The summed E-state index contributed by atoms with van der Waals surface area (Å²) in [7, 11) is -4.10. The van der Waals surface area contributed by atoms with Crippen LogP contribution in [0.2, 0.25) is 0 Å². The van der Waals surface area contributed by atoms with Gasteiger partial charge in [0.25, 0.3) is 5.56 Å². The first-order valence-electron chi connectivity index (χ1n) is 8.74. The van der Waals surface area contributed by atoms with Crippen LogP contribution in [0.25, 0.3) is 0 Å². The highest BCUT2D eigenvalue weighted by molar-refractivity contribution is 7.89. The Morgan fingerprint density at radius 1 is 1.31 bits per heavy atom. The Labute approximate surface area is 152 Å². The number of nitrogens with one attached hydrogen (secondary N) is 3. The third-order valence-corrected chi connectivity index (χ3v) is 6.47. The van der Waals surface area contributed by atoms with Gasteiger partial charge in [-0.1, -0.05) is 13.8 Å². The first-order valence-corrected chi connectivity index (χ1v) is 10.2. The summed E-state index contributed by atoms with van der Waals surface area (Å²) in [5, 5.41) is 2.85. The summed E-state index contributed by atoms with van der Waals surface area (Å²) in [6, 6.07) is 0. The Hall–Kier alpha value is -1.94. The van der Waals surface area contributed by atoms with Crippen molar-refractivity contribution in [3.05, 3.63) is 26.5 Å². The highest BCUT2D eigenvalue weighted by atomic mass is 32.2. The summed E-state index contributed by atoms with van der Waals surface area (Å²) in [4.78, 5) is 39.4. The molecule has 0 spiro atoms. The van der Waals surface area contributed by atoms with E-state index in [1.54, 1.807) is 0 Å². The van der Waals surface area contributed by atoms with E-state index in [9.17, 15) is 22.8 Å². The molecular formula is C16H26N4O5S. The van der Waals surface area contributed by atoms with Crippen LogP contribution in [0.4, 0.5) is 0 Å². The zero-order chi connectivity index (χ0) is 19.5. The molecule has 1 fully saturated rings. The van der Waals surface area contributed by atoms with Crippen LogP contribution < -0.4 is 16.6 Å². The van der Waals surface area contributed by atoms with Crippen LogP contribution in [0, 0.1) is 18.8 Å². The first-order chi connectivity index (χ1) is 12.1. The molecule has 10 heteroatoms. The molecule has 1 atom stereocenters. The van der Waals surface area contributed by atoms with Crippen molar-refractivity contribution in [2.24, 2.45) is 11.8 Å². The van der Waals surface area contributed by atoms with E-state index in [1.165, 1.54) is 6.92 Å². The summed E-state index contributed by atoms with van der Waals surface area (Å²) in [5.41, 5.74) is -1.72. The number of amides is 1. The topological polar surface area (TPSA) is 132 Å². The van der Waals surface area contributed by atoms with Gasteiger partial charge in [0, 0.05) is 25.3 Å². The number of carbonyl (C=O) groups is 1. The van der Waals surface area contributed by atoms with E-state index < -0.39 is 32.1 Å². The number of piperidine rings is 1. The lowest BCUT2D eigenvalue weighted by Gasteiger charge is -2.31. The number of aromatic amines is 2. The SMILES string of the molecule is Cc1[nH]c(=O)[nH]c(=O)c1S(=O)(=O)N1CCCC(C(=O)NCCC(C)C)C1. The van der Waals surface area contributed by atoms with Crippen molar-refractivity contribution in [1.82, 2.24) is 19.6 Å². The smallest absolute Gasteiger partial charge is 0.325 e. The van der Waals surface area contributed by atoms with Gasteiger partial charge in [-0.25, -0.2) is 13.2 Å². The van der Waals surface area contributed by atoms with Crippen LogP contribution in [-0.4, -0.2) is 48.2 Å². The normalized spacial score (nSPS) is 18.8.